The Morgan fingerprint density at radius 2 is 1.62 bits per heavy atom. The molecule has 1 heteroatoms. The van der Waals surface area contributed by atoms with Crippen LogP contribution in [-0.4, -0.2) is 11.2 Å². The summed E-state index contributed by atoms with van der Waals surface area (Å²) in [5.41, 5.74) is 1.70. The normalized spacial score (nSPS) is 58.4. The summed E-state index contributed by atoms with van der Waals surface area (Å²) in [4.78, 5) is 0. The van der Waals surface area contributed by atoms with Gasteiger partial charge in [0, 0.05) is 0 Å². The van der Waals surface area contributed by atoms with Crippen molar-refractivity contribution in [3.63, 3.8) is 0 Å². The smallest absolute Gasteiger partial charge is 0.0599 e. The van der Waals surface area contributed by atoms with Crippen molar-refractivity contribution in [2.75, 3.05) is 0 Å². The monoisotopic (exact) mass is 290 g/mol. The summed E-state index contributed by atoms with van der Waals surface area (Å²) in [6, 6.07) is 0. The van der Waals surface area contributed by atoms with Gasteiger partial charge in [-0.2, -0.15) is 0 Å². The summed E-state index contributed by atoms with van der Waals surface area (Å²) >= 11 is 0. The Hall–Kier alpha value is -0.0400. The van der Waals surface area contributed by atoms with Gasteiger partial charge in [0.25, 0.3) is 0 Å². The predicted octanol–water partition coefficient (Wildman–Crippen LogP) is 5.17. The van der Waals surface area contributed by atoms with Crippen molar-refractivity contribution >= 4 is 0 Å². The van der Waals surface area contributed by atoms with Crippen LogP contribution in [0.5, 0.6) is 0 Å². The minimum absolute atomic E-state index is 0.0388. The van der Waals surface area contributed by atoms with Gasteiger partial charge in [0.05, 0.1) is 6.10 Å². The molecule has 0 aromatic heterocycles. The van der Waals surface area contributed by atoms with Gasteiger partial charge in [-0.05, 0) is 84.9 Å². The van der Waals surface area contributed by atoms with Crippen LogP contribution in [0.15, 0.2) is 0 Å². The lowest BCUT2D eigenvalue weighted by Gasteiger charge is -2.72. The quantitative estimate of drug-likeness (QED) is 0.652. The Bertz CT molecular complexity index is 455. The first kappa shape index (κ1) is 14.5. The third-order valence-electron chi connectivity index (χ3n) is 9.17. The van der Waals surface area contributed by atoms with E-state index < -0.39 is 0 Å². The average molecular weight is 290 g/mol. The van der Waals surface area contributed by atoms with Crippen LogP contribution in [0.3, 0.4) is 0 Å². The van der Waals surface area contributed by atoms with Gasteiger partial charge in [0.2, 0.25) is 0 Å². The van der Waals surface area contributed by atoms with Gasteiger partial charge in [0.1, 0.15) is 0 Å². The molecule has 0 aliphatic heterocycles. The zero-order valence-corrected chi connectivity index (χ0v) is 14.5. The van der Waals surface area contributed by atoms with Gasteiger partial charge >= 0.3 is 0 Å². The maximum Gasteiger partial charge on any atom is 0.0599 e. The summed E-state index contributed by atoms with van der Waals surface area (Å²) in [6.45, 7) is 10.0. The lowest BCUT2D eigenvalue weighted by molar-refractivity contribution is -0.249. The number of hydrogen-bond acceptors (Lipinski definition) is 1. The van der Waals surface area contributed by atoms with Crippen LogP contribution in [-0.2, 0) is 0 Å². The zero-order valence-electron chi connectivity index (χ0n) is 14.5. The molecule has 2 bridgehead atoms. The molecule has 0 amide bonds. The van der Waals surface area contributed by atoms with Crippen molar-refractivity contribution in [1.82, 2.24) is 0 Å². The molecule has 0 aromatic rings. The fourth-order valence-corrected chi connectivity index (χ4v) is 7.89. The van der Waals surface area contributed by atoms with E-state index in [1.165, 1.54) is 51.4 Å². The van der Waals surface area contributed by atoms with Crippen molar-refractivity contribution in [2.24, 2.45) is 33.5 Å². The Morgan fingerprint density at radius 1 is 0.857 bits per heavy atom. The molecule has 5 fully saturated rings. The lowest BCUT2D eigenvalue weighted by Crippen LogP contribution is -2.66. The zero-order chi connectivity index (χ0) is 15.1. The minimum Gasteiger partial charge on any atom is -0.393 e. The second kappa shape index (κ2) is 4.08. The summed E-state index contributed by atoms with van der Waals surface area (Å²) in [6.07, 6.45) is 12.2. The van der Waals surface area contributed by atoms with Gasteiger partial charge in [-0.1, -0.05) is 34.1 Å². The molecule has 0 aromatic carbocycles. The van der Waals surface area contributed by atoms with Crippen LogP contribution in [0.4, 0.5) is 0 Å². The Morgan fingerprint density at radius 3 is 2.33 bits per heavy atom. The highest BCUT2D eigenvalue weighted by Crippen LogP contribution is 2.75. The van der Waals surface area contributed by atoms with Crippen molar-refractivity contribution in [2.45, 2.75) is 91.6 Å². The Labute approximate surface area is 130 Å². The van der Waals surface area contributed by atoms with E-state index in [-0.39, 0.29) is 11.5 Å². The average Bonchev–Trinajstić information content (AvgIpc) is 2.38. The molecule has 6 atom stereocenters. The Kier molecular flexibility index (Phi) is 2.82. The summed E-state index contributed by atoms with van der Waals surface area (Å²) in [7, 11) is 0. The topological polar surface area (TPSA) is 20.2 Å². The molecule has 0 radical (unpaired) electrons. The van der Waals surface area contributed by atoms with E-state index in [0.29, 0.717) is 16.2 Å². The first-order chi connectivity index (χ1) is 9.74. The van der Waals surface area contributed by atoms with Crippen LogP contribution in [0, 0.1) is 33.5 Å². The van der Waals surface area contributed by atoms with Gasteiger partial charge in [0.15, 0.2) is 0 Å². The highest BCUT2D eigenvalue weighted by atomic mass is 16.3. The molecule has 1 N–H and O–H groups in total. The minimum atomic E-state index is -0.0388. The van der Waals surface area contributed by atoms with Crippen LogP contribution in [0.25, 0.3) is 0 Å². The SMILES string of the molecule is CC1(C)CCC[C@@]2(C)[C@H]1CC[C@H]1C[C@]3(C)CC[C@@]12C[C@@H]3O. The maximum absolute atomic E-state index is 10.8. The first-order valence-electron chi connectivity index (χ1n) is 9.42. The summed E-state index contributed by atoms with van der Waals surface area (Å²) in [5, 5.41) is 10.8. The van der Waals surface area contributed by atoms with Crippen LogP contribution in [0.2, 0.25) is 0 Å². The lowest BCUT2D eigenvalue weighted by atomic mass is 9.33. The molecule has 1 nitrogen and oxygen atoms in total. The van der Waals surface area contributed by atoms with Crippen molar-refractivity contribution < 1.29 is 5.11 Å². The molecule has 5 saturated carbocycles. The van der Waals surface area contributed by atoms with Crippen molar-refractivity contribution in [3.8, 4) is 0 Å². The number of hydrogen-bond donors (Lipinski definition) is 1. The highest BCUT2D eigenvalue weighted by molar-refractivity contribution is 5.17. The van der Waals surface area contributed by atoms with E-state index in [2.05, 4.69) is 27.7 Å². The van der Waals surface area contributed by atoms with E-state index in [1.807, 2.05) is 0 Å². The van der Waals surface area contributed by atoms with Gasteiger partial charge < -0.3 is 5.11 Å². The molecule has 0 saturated heterocycles. The fraction of sp³-hybridized carbons (Fsp3) is 1.00. The van der Waals surface area contributed by atoms with Gasteiger partial charge in [-0.25, -0.2) is 0 Å². The Balaban J connectivity index is 1.79. The van der Waals surface area contributed by atoms with Crippen LogP contribution >= 0.6 is 0 Å². The third kappa shape index (κ3) is 1.62. The fourth-order valence-electron chi connectivity index (χ4n) is 7.89. The first-order valence-corrected chi connectivity index (χ1v) is 9.42. The number of aliphatic hydroxyl groups is 1. The largest absolute Gasteiger partial charge is 0.393 e. The van der Waals surface area contributed by atoms with Crippen LogP contribution in [0.1, 0.15) is 85.5 Å². The van der Waals surface area contributed by atoms with Gasteiger partial charge in [-0.15, -0.1) is 0 Å². The third-order valence-corrected chi connectivity index (χ3v) is 9.17. The second-order valence-electron chi connectivity index (χ2n) is 10.3. The molecule has 21 heavy (non-hydrogen) atoms. The van der Waals surface area contributed by atoms with Crippen molar-refractivity contribution in [1.29, 1.82) is 0 Å². The van der Waals surface area contributed by atoms with Crippen LogP contribution < -0.4 is 0 Å². The highest BCUT2D eigenvalue weighted by Gasteiger charge is 2.68. The molecular weight excluding hydrogens is 256 g/mol. The molecule has 5 aliphatic rings. The maximum atomic E-state index is 10.8. The standard InChI is InChI=1S/C20H34O/c1-17(2)8-5-9-19(4)15(17)7-6-14-12-18(3)10-11-20(14,19)13-16(18)21/h14-16,21H,5-13H2,1-4H3/t14-,15-,16-,18-,19-,20+/m0/s1. The number of aliphatic hydroxyl groups excluding tert-OH is 1. The van der Waals surface area contributed by atoms with E-state index >= 15 is 0 Å². The molecule has 120 valence electrons. The molecule has 5 aliphatic carbocycles. The van der Waals surface area contributed by atoms with E-state index in [0.717, 1.165) is 18.3 Å². The predicted molar refractivity (Wildman–Crippen MR) is 87.0 cm³/mol. The number of rotatable bonds is 0. The number of fused-ring (bicyclic) bond motifs is 3. The van der Waals surface area contributed by atoms with Gasteiger partial charge in [-0.3, -0.25) is 0 Å². The molecular formula is C20H34O. The van der Waals surface area contributed by atoms with E-state index in [1.54, 1.807) is 0 Å². The molecule has 5 rings (SSSR count). The molecule has 1 spiro atoms. The van der Waals surface area contributed by atoms with E-state index in [4.69, 9.17) is 0 Å². The second-order valence-corrected chi connectivity index (χ2v) is 10.3. The molecule has 0 heterocycles. The summed E-state index contributed by atoms with van der Waals surface area (Å²) in [5.74, 6) is 1.78. The van der Waals surface area contributed by atoms with Crippen molar-refractivity contribution in [3.05, 3.63) is 0 Å². The molecule has 0 unspecified atom stereocenters. The van der Waals surface area contributed by atoms with E-state index in [9.17, 15) is 5.11 Å². The summed E-state index contributed by atoms with van der Waals surface area (Å²) < 4.78 is 0.